The normalized spacial score (nSPS) is 10.9. The Kier molecular flexibility index (Phi) is 3.49. The van der Waals surface area contributed by atoms with E-state index in [9.17, 15) is 0 Å². The first-order valence-corrected chi connectivity index (χ1v) is 5.40. The van der Waals surface area contributed by atoms with Gasteiger partial charge in [-0.1, -0.05) is 0 Å². The van der Waals surface area contributed by atoms with Crippen molar-refractivity contribution in [3.8, 4) is 5.75 Å². The second-order valence-electron chi connectivity index (χ2n) is 3.41. The quantitative estimate of drug-likeness (QED) is 0.756. The molecular formula is C12H14N4O. The third-order valence-corrected chi connectivity index (χ3v) is 2.36. The van der Waals surface area contributed by atoms with E-state index in [1.165, 1.54) is 0 Å². The summed E-state index contributed by atoms with van der Waals surface area (Å²) in [7, 11) is 1.63. The Bertz CT molecular complexity index is 501. The molecule has 0 saturated carbocycles. The Labute approximate surface area is 99.8 Å². The molecule has 0 fully saturated rings. The van der Waals surface area contributed by atoms with Crippen LogP contribution in [0, 0.1) is 0 Å². The number of aryl methyl sites for hydroxylation is 1. The molecule has 2 rings (SSSR count). The topological polar surface area (TPSA) is 51.8 Å². The van der Waals surface area contributed by atoms with E-state index in [1.54, 1.807) is 13.3 Å². The Morgan fingerprint density at radius 2 is 2.00 bits per heavy atom. The van der Waals surface area contributed by atoms with Crippen molar-refractivity contribution < 1.29 is 4.74 Å². The Hall–Kier alpha value is -2.17. The number of ether oxygens (including phenoxy) is 1. The largest absolute Gasteiger partial charge is 0.497 e. The fourth-order valence-corrected chi connectivity index (χ4v) is 1.40. The third kappa shape index (κ3) is 2.69. The maximum atomic E-state index is 5.07. The molecule has 0 aliphatic carbocycles. The molecule has 0 spiro atoms. The number of azo groups is 1. The van der Waals surface area contributed by atoms with Crippen molar-refractivity contribution in [1.29, 1.82) is 0 Å². The van der Waals surface area contributed by atoms with Crippen LogP contribution in [0.3, 0.4) is 0 Å². The van der Waals surface area contributed by atoms with E-state index >= 15 is 0 Å². The first kappa shape index (κ1) is 11.3. The summed E-state index contributed by atoms with van der Waals surface area (Å²) in [5.41, 5.74) is 0.774. The van der Waals surface area contributed by atoms with Gasteiger partial charge in [0.15, 0.2) is 0 Å². The zero-order valence-corrected chi connectivity index (χ0v) is 9.87. The van der Waals surface area contributed by atoms with Crippen molar-refractivity contribution in [2.45, 2.75) is 13.5 Å². The number of imidazole rings is 1. The summed E-state index contributed by atoms with van der Waals surface area (Å²) < 4.78 is 6.99. The van der Waals surface area contributed by atoms with Gasteiger partial charge >= 0.3 is 0 Å². The highest BCUT2D eigenvalue weighted by atomic mass is 16.5. The minimum atomic E-state index is 0.614. The molecule has 17 heavy (non-hydrogen) atoms. The van der Waals surface area contributed by atoms with Gasteiger partial charge in [-0.3, -0.25) is 0 Å². The Balaban J connectivity index is 2.14. The summed E-state index contributed by atoms with van der Waals surface area (Å²) in [6, 6.07) is 7.39. The van der Waals surface area contributed by atoms with Crippen molar-refractivity contribution in [3.63, 3.8) is 0 Å². The number of benzene rings is 1. The summed E-state index contributed by atoms with van der Waals surface area (Å²) in [5, 5.41) is 8.22. The lowest BCUT2D eigenvalue weighted by atomic mass is 10.3. The SMILES string of the molecule is CCn1ccnc1N=Nc1ccc(OC)cc1. The van der Waals surface area contributed by atoms with Crippen LogP contribution in [0.1, 0.15) is 6.92 Å². The molecular weight excluding hydrogens is 216 g/mol. The van der Waals surface area contributed by atoms with Crippen LogP contribution in [0.2, 0.25) is 0 Å². The van der Waals surface area contributed by atoms with Gasteiger partial charge in [0.25, 0.3) is 0 Å². The van der Waals surface area contributed by atoms with E-state index in [0.29, 0.717) is 5.95 Å². The number of nitrogens with zero attached hydrogens (tertiary/aromatic N) is 4. The summed E-state index contributed by atoms with van der Waals surface area (Å²) in [6.45, 7) is 2.87. The van der Waals surface area contributed by atoms with Gasteiger partial charge < -0.3 is 9.30 Å². The number of hydrogen-bond acceptors (Lipinski definition) is 4. The smallest absolute Gasteiger partial charge is 0.249 e. The van der Waals surface area contributed by atoms with Crippen LogP contribution < -0.4 is 4.74 Å². The lowest BCUT2D eigenvalue weighted by molar-refractivity contribution is 0.415. The fraction of sp³-hybridized carbons (Fsp3) is 0.250. The molecule has 0 amide bonds. The molecule has 1 aromatic heterocycles. The fourth-order valence-electron chi connectivity index (χ4n) is 1.40. The molecule has 5 nitrogen and oxygen atoms in total. The molecule has 0 N–H and O–H groups in total. The molecule has 1 aromatic carbocycles. The van der Waals surface area contributed by atoms with E-state index in [-0.39, 0.29) is 0 Å². The van der Waals surface area contributed by atoms with Gasteiger partial charge in [0.1, 0.15) is 5.75 Å². The molecule has 1 heterocycles. The Morgan fingerprint density at radius 3 is 2.65 bits per heavy atom. The average Bonchev–Trinajstić information content (AvgIpc) is 2.84. The number of aromatic nitrogens is 2. The molecule has 0 atom stereocenters. The standard InChI is InChI=1S/C12H14N4O/c1-3-16-9-8-13-12(16)15-14-10-4-6-11(17-2)7-5-10/h4-9H,3H2,1-2H3. The lowest BCUT2D eigenvalue weighted by Gasteiger charge is -1.99. The maximum absolute atomic E-state index is 5.07. The van der Waals surface area contributed by atoms with Crippen molar-refractivity contribution in [1.82, 2.24) is 9.55 Å². The molecule has 2 aromatic rings. The first-order valence-electron chi connectivity index (χ1n) is 5.40. The second kappa shape index (κ2) is 5.25. The minimum absolute atomic E-state index is 0.614. The molecule has 0 unspecified atom stereocenters. The summed E-state index contributed by atoms with van der Waals surface area (Å²) in [6.07, 6.45) is 3.59. The van der Waals surface area contributed by atoms with Crippen molar-refractivity contribution in [2.75, 3.05) is 7.11 Å². The van der Waals surface area contributed by atoms with E-state index in [4.69, 9.17) is 4.74 Å². The summed E-state index contributed by atoms with van der Waals surface area (Å²) >= 11 is 0. The van der Waals surface area contributed by atoms with Crippen LogP contribution >= 0.6 is 0 Å². The van der Waals surface area contributed by atoms with Gasteiger partial charge in [0.05, 0.1) is 12.8 Å². The van der Waals surface area contributed by atoms with E-state index < -0.39 is 0 Å². The number of methoxy groups -OCH3 is 1. The van der Waals surface area contributed by atoms with Crippen molar-refractivity contribution >= 4 is 11.6 Å². The van der Waals surface area contributed by atoms with E-state index in [0.717, 1.165) is 18.0 Å². The average molecular weight is 230 g/mol. The van der Waals surface area contributed by atoms with E-state index in [2.05, 4.69) is 15.2 Å². The van der Waals surface area contributed by atoms with Crippen LogP contribution in [0.4, 0.5) is 11.6 Å². The van der Waals surface area contributed by atoms with Crippen LogP contribution in [-0.2, 0) is 6.54 Å². The van der Waals surface area contributed by atoms with Crippen LogP contribution in [0.15, 0.2) is 46.9 Å². The highest BCUT2D eigenvalue weighted by Gasteiger charge is 1.98. The van der Waals surface area contributed by atoms with Crippen molar-refractivity contribution in [2.24, 2.45) is 10.2 Å². The van der Waals surface area contributed by atoms with Crippen LogP contribution in [-0.4, -0.2) is 16.7 Å². The molecule has 0 radical (unpaired) electrons. The minimum Gasteiger partial charge on any atom is -0.497 e. The summed E-state index contributed by atoms with van der Waals surface area (Å²) in [4.78, 5) is 4.11. The van der Waals surface area contributed by atoms with E-state index in [1.807, 2.05) is 42.0 Å². The molecule has 5 heteroatoms. The predicted octanol–water partition coefficient (Wildman–Crippen LogP) is 3.33. The summed E-state index contributed by atoms with van der Waals surface area (Å²) in [5.74, 6) is 1.42. The van der Waals surface area contributed by atoms with Gasteiger partial charge in [-0.05, 0) is 31.2 Å². The molecule has 0 saturated heterocycles. The van der Waals surface area contributed by atoms with Gasteiger partial charge in [0, 0.05) is 18.9 Å². The zero-order valence-electron chi connectivity index (χ0n) is 9.87. The molecule has 88 valence electrons. The first-order chi connectivity index (χ1) is 8.33. The Morgan fingerprint density at radius 1 is 1.24 bits per heavy atom. The highest BCUT2D eigenvalue weighted by molar-refractivity contribution is 5.41. The maximum Gasteiger partial charge on any atom is 0.249 e. The third-order valence-electron chi connectivity index (χ3n) is 2.36. The highest BCUT2D eigenvalue weighted by Crippen LogP contribution is 2.20. The van der Waals surface area contributed by atoms with Crippen LogP contribution in [0.25, 0.3) is 0 Å². The second-order valence-corrected chi connectivity index (χ2v) is 3.41. The molecule has 0 bridgehead atoms. The van der Waals surface area contributed by atoms with Crippen molar-refractivity contribution in [3.05, 3.63) is 36.7 Å². The van der Waals surface area contributed by atoms with Gasteiger partial charge in [0.2, 0.25) is 5.95 Å². The zero-order chi connectivity index (χ0) is 12.1. The predicted molar refractivity (Wildman–Crippen MR) is 65.1 cm³/mol. The monoisotopic (exact) mass is 230 g/mol. The lowest BCUT2D eigenvalue weighted by Crippen LogP contribution is -1.89. The number of hydrogen-bond donors (Lipinski definition) is 0. The molecule has 0 aliphatic heterocycles. The number of rotatable bonds is 4. The van der Waals surface area contributed by atoms with Crippen LogP contribution in [0.5, 0.6) is 5.75 Å². The van der Waals surface area contributed by atoms with Gasteiger partial charge in [-0.15, -0.1) is 10.2 Å². The van der Waals surface area contributed by atoms with Gasteiger partial charge in [-0.25, -0.2) is 4.98 Å². The molecule has 0 aliphatic rings. The van der Waals surface area contributed by atoms with Gasteiger partial charge in [-0.2, -0.15) is 0 Å².